The first-order chi connectivity index (χ1) is 11.3. The van der Waals surface area contributed by atoms with Crippen LogP contribution in [0.15, 0.2) is 36.0 Å². The number of aliphatic hydroxyl groups is 1. The Labute approximate surface area is 143 Å². The van der Waals surface area contributed by atoms with Crippen LogP contribution in [-0.4, -0.2) is 30.1 Å². The summed E-state index contributed by atoms with van der Waals surface area (Å²) in [5.74, 6) is 0.114. The Morgan fingerprint density at radius 1 is 1.38 bits per heavy atom. The molecule has 4 nitrogen and oxygen atoms in total. The second-order valence-electron chi connectivity index (χ2n) is 7.85. The molecule has 2 saturated carbocycles. The first-order valence-corrected chi connectivity index (χ1v) is 8.70. The van der Waals surface area contributed by atoms with Crippen molar-refractivity contribution in [2.45, 2.75) is 39.5 Å². The van der Waals surface area contributed by atoms with Crippen molar-refractivity contribution in [1.82, 2.24) is 0 Å². The number of hydrogen-bond acceptors (Lipinski definition) is 4. The van der Waals surface area contributed by atoms with E-state index in [0.717, 1.165) is 24.8 Å². The molecule has 0 unspecified atom stereocenters. The van der Waals surface area contributed by atoms with Crippen molar-refractivity contribution < 1.29 is 19.4 Å². The number of ether oxygens (including phenoxy) is 1. The first kappa shape index (κ1) is 17.2. The van der Waals surface area contributed by atoms with Crippen LogP contribution in [0.1, 0.15) is 39.5 Å². The topological polar surface area (TPSA) is 63.6 Å². The summed E-state index contributed by atoms with van der Waals surface area (Å²) in [6.45, 7) is 8.60. The average Bonchev–Trinajstić information content (AvgIpc) is 2.96. The Hall–Kier alpha value is -1.68. The number of allylic oxidation sites excluding steroid dienone is 2. The van der Waals surface area contributed by atoms with Crippen molar-refractivity contribution in [3.8, 4) is 0 Å². The number of fused-ring (bicyclic) bond motifs is 1. The molecule has 4 heteroatoms. The van der Waals surface area contributed by atoms with Gasteiger partial charge in [0, 0.05) is 12.3 Å². The predicted molar refractivity (Wildman–Crippen MR) is 91.1 cm³/mol. The molecule has 1 N–H and O–H groups in total. The number of cyclic esters (lactones) is 1. The number of Topliss-reactive ketones (excluding diaryl/α,β-unsaturated/α-hetero) is 1. The van der Waals surface area contributed by atoms with Crippen molar-refractivity contribution in [2.75, 3.05) is 13.2 Å². The number of esters is 1. The normalized spacial score (nSPS) is 39.8. The third kappa shape index (κ3) is 2.48. The van der Waals surface area contributed by atoms with Gasteiger partial charge in [-0.1, -0.05) is 38.2 Å². The highest BCUT2D eigenvalue weighted by Crippen LogP contribution is 2.60. The molecular formula is C20H26O4. The molecule has 4 atom stereocenters. The van der Waals surface area contributed by atoms with Gasteiger partial charge < -0.3 is 9.84 Å². The van der Waals surface area contributed by atoms with Crippen LogP contribution in [0.5, 0.6) is 0 Å². The van der Waals surface area contributed by atoms with E-state index in [4.69, 9.17) is 4.74 Å². The summed E-state index contributed by atoms with van der Waals surface area (Å²) in [6.07, 6.45) is 8.70. The van der Waals surface area contributed by atoms with Gasteiger partial charge in [0.15, 0.2) is 0 Å². The average molecular weight is 330 g/mol. The Morgan fingerprint density at radius 2 is 2.12 bits per heavy atom. The molecule has 0 amide bonds. The largest absolute Gasteiger partial charge is 0.458 e. The molecule has 0 aromatic carbocycles. The second kappa shape index (κ2) is 5.99. The maximum atomic E-state index is 12.5. The first-order valence-electron chi connectivity index (χ1n) is 8.70. The molecule has 2 aliphatic carbocycles. The lowest BCUT2D eigenvalue weighted by Crippen LogP contribution is -2.55. The molecule has 2 fully saturated rings. The lowest BCUT2D eigenvalue weighted by atomic mass is 9.47. The van der Waals surface area contributed by atoms with E-state index in [1.54, 1.807) is 6.08 Å². The van der Waals surface area contributed by atoms with Gasteiger partial charge in [0.1, 0.15) is 12.4 Å². The predicted octanol–water partition coefficient (Wildman–Crippen LogP) is 2.98. The van der Waals surface area contributed by atoms with Crippen LogP contribution in [-0.2, 0) is 14.3 Å². The summed E-state index contributed by atoms with van der Waals surface area (Å²) in [6, 6.07) is 0. The molecule has 130 valence electrons. The minimum Gasteiger partial charge on any atom is -0.458 e. The Balaban J connectivity index is 1.94. The molecule has 0 aromatic heterocycles. The van der Waals surface area contributed by atoms with Gasteiger partial charge in [-0.2, -0.15) is 0 Å². The SMILES string of the molecule is C=C1CC[C@H]2[C@@](C)(CCC(=O)[C@@]2(C)CO)[C@@H]1/C=C/C1=CCOC1=O. The monoisotopic (exact) mass is 330 g/mol. The van der Waals surface area contributed by atoms with Crippen LogP contribution < -0.4 is 0 Å². The third-order valence-electron chi connectivity index (χ3n) is 6.55. The molecule has 0 aromatic rings. The van der Waals surface area contributed by atoms with E-state index in [1.165, 1.54) is 0 Å². The fourth-order valence-corrected chi connectivity index (χ4v) is 5.00. The van der Waals surface area contributed by atoms with Crippen LogP contribution in [0.4, 0.5) is 0 Å². The van der Waals surface area contributed by atoms with E-state index in [-0.39, 0.29) is 35.6 Å². The van der Waals surface area contributed by atoms with Crippen LogP contribution in [0, 0.1) is 22.7 Å². The molecule has 1 heterocycles. The third-order valence-corrected chi connectivity index (χ3v) is 6.55. The minimum absolute atomic E-state index is 0.101. The van der Waals surface area contributed by atoms with E-state index < -0.39 is 5.41 Å². The Morgan fingerprint density at radius 3 is 2.75 bits per heavy atom. The number of rotatable bonds is 3. The number of aliphatic hydroxyl groups excluding tert-OH is 1. The van der Waals surface area contributed by atoms with Gasteiger partial charge in [0.2, 0.25) is 0 Å². The lowest BCUT2D eigenvalue weighted by molar-refractivity contribution is -0.150. The zero-order valence-corrected chi connectivity index (χ0v) is 14.5. The summed E-state index contributed by atoms with van der Waals surface area (Å²) >= 11 is 0. The second-order valence-corrected chi connectivity index (χ2v) is 7.85. The summed E-state index contributed by atoms with van der Waals surface area (Å²) in [5, 5.41) is 9.93. The molecule has 24 heavy (non-hydrogen) atoms. The molecule has 0 saturated heterocycles. The van der Waals surface area contributed by atoms with Crippen molar-refractivity contribution in [2.24, 2.45) is 22.7 Å². The quantitative estimate of drug-likeness (QED) is 0.638. The highest BCUT2D eigenvalue weighted by Gasteiger charge is 2.57. The van der Waals surface area contributed by atoms with Crippen molar-refractivity contribution in [3.63, 3.8) is 0 Å². The zero-order valence-electron chi connectivity index (χ0n) is 14.5. The fourth-order valence-electron chi connectivity index (χ4n) is 5.00. The number of hydrogen-bond donors (Lipinski definition) is 1. The molecule has 0 spiro atoms. The molecule has 0 bridgehead atoms. The Bertz CT molecular complexity index is 644. The smallest absolute Gasteiger partial charge is 0.338 e. The van der Waals surface area contributed by atoms with E-state index in [9.17, 15) is 14.7 Å². The molecular weight excluding hydrogens is 304 g/mol. The van der Waals surface area contributed by atoms with Crippen molar-refractivity contribution >= 4 is 11.8 Å². The van der Waals surface area contributed by atoms with Crippen molar-refractivity contribution in [1.29, 1.82) is 0 Å². The fraction of sp³-hybridized carbons (Fsp3) is 0.600. The van der Waals surface area contributed by atoms with Crippen LogP contribution in [0.3, 0.4) is 0 Å². The van der Waals surface area contributed by atoms with Gasteiger partial charge in [0.05, 0.1) is 17.6 Å². The van der Waals surface area contributed by atoms with Crippen LogP contribution >= 0.6 is 0 Å². The molecule has 0 radical (unpaired) electrons. The summed E-state index contributed by atoms with van der Waals surface area (Å²) < 4.78 is 4.95. The summed E-state index contributed by atoms with van der Waals surface area (Å²) in [5.41, 5.74) is 0.933. The van der Waals surface area contributed by atoms with Gasteiger partial charge in [-0.15, -0.1) is 0 Å². The van der Waals surface area contributed by atoms with Gasteiger partial charge >= 0.3 is 5.97 Å². The van der Waals surface area contributed by atoms with Gasteiger partial charge in [0.25, 0.3) is 0 Å². The van der Waals surface area contributed by atoms with E-state index in [0.29, 0.717) is 18.6 Å². The van der Waals surface area contributed by atoms with Crippen molar-refractivity contribution in [3.05, 3.63) is 36.0 Å². The minimum atomic E-state index is -0.675. The lowest BCUT2D eigenvalue weighted by Gasteiger charge is -2.56. The molecule has 3 rings (SSSR count). The van der Waals surface area contributed by atoms with Gasteiger partial charge in [-0.05, 0) is 36.7 Å². The van der Waals surface area contributed by atoms with E-state index in [2.05, 4.69) is 19.6 Å². The Kier molecular flexibility index (Phi) is 4.28. The standard InChI is InChI=1S/C20H26O4/c1-13-4-7-16-19(2,10-8-17(22)20(16,3)12-21)15(13)6-5-14-9-11-24-18(14)23/h5-6,9,15-16,21H,1,4,7-8,10-12H2,2-3H3/b6-5+/t15-,16+,19+,20+/m1/s1. The van der Waals surface area contributed by atoms with E-state index in [1.807, 2.05) is 13.0 Å². The summed E-state index contributed by atoms with van der Waals surface area (Å²) in [4.78, 5) is 24.1. The number of carbonyl (C=O) groups excluding carboxylic acids is 2. The summed E-state index contributed by atoms with van der Waals surface area (Å²) in [7, 11) is 0. The highest BCUT2D eigenvalue weighted by molar-refractivity contribution is 5.93. The van der Waals surface area contributed by atoms with Crippen LogP contribution in [0.2, 0.25) is 0 Å². The highest BCUT2D eigenvalue weighted by atomic mass is 16.5. The maximum Gasteiger partial charge on any atom is 0.338 e. The number of carbonyl (C=O) groups is 2. The van der Waals surface area contributed by atoms with Crippen LogP contribution in [0.25, 0.3) is 0 Å². The van der Waals surface area contributed by atoms with E-state index >= 15 is 0 Å². The zero-order chi connectivity index (χ0) is 17.5. The molecule has 1 aliphatic heterocycles. The van der Waals surface area contributed by atoms with Gasteiger partial charge in [-0.3, -0.25) is 4.79 Å². The number of ketones is 1. The van der Waals surface area contributed by atoms with Gasteiger partial charge in [-0.25, -0.2) is 4.79 Å². The maximum absolute atomic E-state index is 12.5. The molecule has 3 aliphatic rings.